The van der Waals surface area contributed by atoms with Crippen LogP contribution in [0.4, 0.5) is 0 Å². The number of nitrogens with zero attached hydrogens (tertiary/aromatic N) is 2. The van der Waals surface area contributed by atoms with Crippen LogP contribution in [-0.2, 0) is 0 Å². The van der Waals surface area contributed by atoms with Crippen molar-refractivity contribution in [3.63, 3.8) is 0 Å². The fourth-order valence-corrected chi connectivity index (χ4v) is 3.05. The maximum absolute atomic E-state index is 12.7. The zero-order chi connectivity index (χ0) is 18.8. The Morgan fingerprint density at radius 2 is 1.93 bits per heavy atom. The molecule has 3 aromatic rings. The number of benzene rings is 2. The molecule has 0 bridgehead atoms. The van der Waals surface area contributed by atoms with Gasteiger partial charge in [-0.3, -0.25) is 9.89 Å². The molecule has 0 aliphatic carbocycles. The Balaban J connectivity index is 1.42. The monoisotopic (exact) mass is 363 g/mol. The fraction of sp³-hybridized carbons (Fsp3) is 0.238. The summed E-state index contributed by atoms with van der Waals surface area (Å²) < 4.78 is 11.6. The zero-order valence-electron chi connectivity index (χ0n) is 15.3. The molecule has 2 heterocycles. The van der Waals surface area contributed by atoms with Gasteiger partial charge in [-0.2, -0.15) is 5.10 Å². The summed E-state index contributed by atoms with van der Waals surface area (Å²) in [6.07, 6.45) is -0.214. The van der Waals surface area contributed by atoms with Gasteiger partial charge in [-0.15, -0.1) is 0 Å². The lowest BCUT2D eigenvalue weighted by molar-refractivity contribution is 0.0517. The number of carbonyl (C=O) groups is 1. The van der Waals surface area contributed by atoms with Gasteiger partial charge in [0.1, 0.15) is 12.3 Å². The van der Waals surface area contributed by atoms with Gasteiger partial charge in [-0.05, 0) is 25.1 Å². The molecule has 1 aliphatic rings. The van der Waals surface area contributed by atoms with Gasteiger partial charge < -0.3 is 14.4 Å². The standard InChI is InChI=1S/C21H21N3O3/c1-14-7-9-15(10-8-14)17-11-18(23-22-17)21(25)24(2)12-16-13-26-19-5-3-4-6-20(19)27-16/h3-11,16H,12-13H2,1-2H3,(H,22,23). The van der Waals surface area contributed by atoms with E-state index in [4.69, 9.17) is 9.47 Å². The number of nitrogens with one attached hydrogen (secondary N) is 1. The van der Waals surface area contributed by atoms with E-state index in [1.807, 2.05) is 55.5 Å². The first-order valence-electron chi connectivity index (χ1n) is 8.86. The summed E-state index contributed by atoms with van der Waals surface area (Å²) in [5.41, 5.74) is 3.35. The molecule has 0 radical (unpaired) electrons. The number of hydrogen-bond acceptors (Lipinski definition) is 4. The van der Waals surface area contributed by atoms with Crippen LogP contribution in [0.2, 0.25) is 0 Å². The number of aromatic nitrogens is 2. The third-order valence-corrected chi connectivity index (χ3v) is 4.55. The molecule has 138 valence electrons. The number of aromatic amines is 1. The smallest absolute Gasteiger partial charge is 0.271 e. The molecule has 2 aromatic carbocycles. The van der Waals surface area contributed by atoms with Gasteiger partial charge >= 0.3 is 0 Å². The number of hydrogen-bond donors (Lipinski definition) is 1. The number of amides is 1. The lowest BCUT2D eigenvalue weighted by atomic mass is 10.1. The molecule has 4 rings (SSSR count). The Morgan fingerprint density at radius 3 is 2.70 bits per heavy atom. The zero-order valence-corrected chi connectivity index (χ0v) is 15.3. The van der Waals surface area contributed by atoms with Gasteiger partial charge in [0.25, 0.3) is 5.91 Å². The number of para-hydroxylation sites is 2. The second-order valence-electron chi connectivity index (χ2n) is 6.72. The van der Waals surface area contributed by atoms with Gasteiger partial charge in [0.05, 0.1) is 12.2 Å². The van der Waals surface area contributed by atoms with Crippen LogP contribution >= 0.6 is 0 Å². The predicted molar refractivity (Wildman–Crippen MR) is 102 cm³/mol. The molecule has 1 unspecified atom stereocenters. The molecule has 0 saturated heterocycles. The molecule has 27 heavy (non-hydrogen) atoms. The number of H-pyrrole nitrogens is 1. The summed E-state index contributed by atoms with van der Waals surface area (Å²) in [6.45, 7) is 2.87. The molecule has 1 N–H and O–H groups in total. The van der Waals surface area contributed by atoms with Crippen molar-refractivity contribution in [2.75, 3.05) is 20.2 Å². The minimum Gasteiger partial charge on any atom is -0.486 e. The Bertz CT molecular complexity index is 949. The molecule has 0 spiro atoms. The lowest BCUT2D eigenvalue weighted by Gasteiger charge is -2.29. The molecule has 1 aliphatic heterocycles. The van der Waals surface area contributed by atoms with Crippen molar-refractivity contribution < 1.29 is 14.3 Å². The summed E-state index contributed by atoms with van der Waals surface area (Å²) in [7, 11) is 1.75. The number of ether oxygens (including phenoxy) is 2. The molecule has 6 heteroatoms. The normalized spacial score (nSPS) is 15.4. The van der Waals surface area contributed by atoms with Crippen LogP contribution in [0.3, 0.4) is 0 Å². The number of likely N-dealkylation sites (N-methyl/N-ethyl adjacent to an activating group) is 1. The number of carbonyl (C=O) groups excluding carboxylic acids is 1. The fourth-order valence-electron chi connectivity index (χ4n) is 3.05. The average Bonchev–Trinajstić information content (AvgIpc) is 3.18. The van der Waals surface area contributed by atoms with Crippen LogP contribution in [0.1, 0.15) is 16.1 Å². The lowest BCUT2D eigenvalue weighted by Crippen LogP contribution is -2.41. The van der Waals surface area contributed by atoms with Gasteiger partial charge in [-0.25, -0.2) is 0 Å². The van der Waals surface area contributed by atoms with E-state index in [2.05, 4.69) is 10.2 Å². The summed E-state index contributed by atoms with van der Waals surface area (Å²) in [6, 6.07) is 17.4. The maximum Gasteiger partial charge on any atom is 0.271 e. The highest BCUT2D eigenvalue weighted by Gasteiger charge is 2.25. The second kappa shape index (κ2) is 7.15. The highest BCUT2D eigenvalue weighted by atomic mass is 16.6. The minimum atomic E-state index is -0.214. The molecule has 0 fully saturated rings. The summed E-state index contributed by atoms with van der Waals surface area (Å²) in [5.74, 6) is 1.31. The highest BCUT2D eigenvalue weighted by molar-refractivity contribution is 5.93. The van der Waals surface area contributed by atoms with E-state index in [1.165, 1.54) is 5.56 Å². The predicted octanol–water partition coefficient (Wildman–Crippen LogP) is 3.30. The van der Waals surface area contributed by atoms with Crippen molar-refractivity contribution in [2.45, 2.75) is 13.0 Å². The van der Waals surface area contributed by atoms with E-state index < -0.39 is 0 Å². The topological polar surface area (TPSA) is 67.5 Å². The molecule has 6 nitrogen and oxygen atoms in total. The van der Waals surface area contributed by atoms with Crippen molar-refractivity contribution in [1.29, 1.82) is 0 Å². The summed E-state index contributed by atoms with van der Waals surface area (Å²) in [4.78, 5) is 14.3. The largest absolute Gasteiger partial charge is 0.486 e. The quantitative estimate of drug-likeness (QED) is 0.772. The molecule has 1 aromatic heterocycles. The molecule has 1 atom stereocenters. The van der Waals surface area contributed by atoms with Crippen molar-refractivity contribution in [2.24, 2.45) is 0 Å². The van der Waals surface area contributed by atoms with Crippen LogP contribution in [0.15, 0.2) is 54.6 Å². The summed E-state index contributed by atoms with van der Waals surface area (Å²) in [5, 5.41) is 7.11. The Kier molecular flexibility index (Phi) is 4.54. The Morgan fingerprint density at radius 1 is 1.19 bits per heavy atom. The molecular formula is C21H21N3O3. The van der Waals surface area contributed by atoms with E-state index in [0.29, 0.717) is 24.6 Å². The van der Waals surface area contributed by atoms with Gasteiger partial charge in [-0.1, -0.05) is 42.0 Å². The third-order valence-electron chi connectivity index (χ3n) is 4.55. The SMILES string of the molecule is Cc1ccc(-c2cc(C(=O)N(C)CC3COc4ccccc4O3)[nH]n2)cc1. The minimum absolute atomic E-state index is 0.136. The Hall–Kier alpha value is -3.28. The third kappa shape index (κ3) is 3.65. The van der Waals surface area contributed by atoms with E-state index in [9.17, 15) is 4.79 Å². The number of fused-ring (bicyclic) bond motifs is 1. The van der Waals surface area contributed by atoms with Gasteiger partial charge in [0, 0.05) is 12.6 Å². The van der Waals surface area contributed by atoms with Gasteiger partial charge in [0.15, 0.2) is 17.6 Å². The van der Waals surface area contributed by atoms with Crippen molar-refractivity contribution in [3.8, 4) is 22.8 Å². The first kappa shape index (κ1) is 17.1. The van der Waals surface area contributed by atoms with E-state index in [0.717, 1.165) is 17.0 Å². The van der Waals surface area contributed by atoms with Crippen LogP contribution in [0.5, 0.6) is 11.5 Å². The van der Waals surface area contributed by atoms with Gasteiger partial charge in [0.2, 0.25) is 0 Å². The average molecular weight is 363 g/mol. The van der Waals surface area contributed by atoms with Crippen molar-refractivity contribution in [3.05, 3.63) is 65.9 Å². The first-order chi connectivity index (χ1) is 13.1. The van der Waals surface area contributed by atoms with Crippen LogP contribution in [0, 0.1) is 6.92 Å². The van der Waals surface area contributed by atoms with Crippen LogP contribution < -0.4 is 9.47 Å². The molecule has 0 saturated carbocycles. The highest BCUT2D eigenvalue weighted by Crippen LogP contribution is 2.31. The van der Waals surface area contributed by atoms with E-state index in [1.54, 1.807) is 18.0 Å². The summed E-state index contributed by atoms with van der Waals surface area (Å²) >= 11 is 0. The first-order valence-corrected chi connectivity index (χ1v) is 8.86. The number of aryl methyl sites for hydroxylation is 1. The molecule has 1 amide bonds. The van der Waals surface area contributed by atoms with Crippen LogP contribution in [-0.4, -0.2) is 47.3 Å². The molecular weight excluding hydrogens is 342 g/mol. The maximum atomic E-state index is 12.7. The van der Waals surface area contributed by atoms with Crippen molar-refractivity contribution >= 4 is 5.91 Å². The van der Waals surface area contributed by atoms with E-state index >= 15 is 0 Å². The Labute approximate surface area is 157 Å². The van der Waals surface area contributed by atoms with E-state index in [-0.39, 0.29) is 12.0 Å². The second-order valence-corrected chi connectivity index (χ2v) is 6.72. The number of rotatable bonds is 4. The van der Waals surface area contributed by atoms with Crippen LogP contribution in [0.25, 0.3) is 11.3 Å². The van der Waals surface area contributed by atoms with Crippen molar-refractivity contribution in [1.82, 2.24) is 15.1 Å².